The molecule has 0 aromatic heterocycles. The molecule has 1 amide bonds. The average Bonchev–Trinajstić information content (AvgIpc) is 2.92. The molecular formula is C17H15BrClNO. The number of benzene rings is 2. The fourth-order valence-corrected chi connectivity index (χ4v) is 3.37. The standard InChI is InChI=1S/C17H15BrClNO/c1-10-7-14(18)16(9-15(10)19)20-17(21)13-6-5-11-3-2-4-12(11)8-13/h5-9H,2-4H2,1H3,(H,20,21). The van der Waals surface area contributed by atoms with Gasteiger partial charge in [-0.2, -0.15) is 0 Å². The Hall–Kier alpha value is -1.32. The van der Waals surface area contributed by atoms with E-state index in [1.807, 2.05) is 25.1 Å². The van der Waals surface area contributed by atoms with E-state index in [1.54, 1.807) is 6.07 Å². The fourth-order valence-electron chi connectivity index (χ4n) is 2.65. The zero-order valence-electron chi connectivity index (χ0n) is 11.7. The number of hydrogen-bond donors (Lipinski definition) is 1. The molecule has 2 nitrogen and oxygen atoms in total. The predicted octanol–water partition coefficient (Wildman–Crippen LogP) is 5.15. The molecule has 2 aromatic rings. The van der Waals surface area contributed by atoms with E-state index in [2.05, 4.69) is 27.3 Å². The van der Waals surface area contributed by atoms with E-state index >= 15 is 0 Å². The molecule has 0 atom stereocenters. The lowest BCUT2D eigenvalue weighted by atomic mass is 10.1. The monoisotopic (exact) mass is 363 g/mol. The van der Waals surface area contributed by atoms with Crippen LogP contribution in [-0.4, -0.2) is 5.91 Å². The summed E-state index contributed by atoms with van der Waals surface area (Å²) in [5.74, 6) is -0.106. The van der Waals surface area contributed by atoms with Gasteiger partial charge in [0.1, 0.15) is 0 Å². The molecule has 21 heavy (non-hydrogen) atoms. The molecule has 1 aliphatic carbocycles. The Morgan fingerprint density at radius 3 is 2.76 bits per heavy atom. The van der Waals surface area contributed by atoms with Crippen molar-refractivity contribution >= 4 is 39.1 Å². The summed E-state index contributed by atoms with van der Waals surface area (Å²) in [6.07, 6.45) is 3.37. The van der Waals surface area contributed by atoms with Gasteiger partial charge in [0.25, 0.3) is 5.91 Å². The minimum Gasteiger partial charge on any atom is -0.321 e. The highest BCUT2D eigenvalue weighted by Crippen LogP contribution is 2.30. The van der Waals surface area contributed by atoms with Gasteiger partial charge in [0.15, 0.2) is 0 Å². The number of aryl methyl sites for hydroxylation is 3. The SMILES string of the molecule is Cc1cc(Br)c(NC(=O)c2ccc3c(c2)CCC3)cc1Cl. The molecule has 0 saturated carbocycles. The molecule has 3 rings (SSSR count). The van der Waals surface area contributed by atoms with Gasteiger partial charge in [-0.1, -0.05) is 17.7 Å². The van der Waals surface area contributed by atoms with Crippen LogP contribution in [0, 0.1) is 6.92 Å². The van der Waals surface area contributed by atoms with Gasteiger partial charge < -0.3 is 5.32 Å². The second-order valence-electron chi connectivity index (χ2n) is 5.37. The van der Waals surface area contributed by atoms with E-state index in [1.165, 1.54) is 17.5 Å². The quantitative estimate of drug-likeness (QED) is 0.784. The summed E-state index contributed by atoms with van der Waals surface area (Å²) in [5.41, 5.74) is 5.02. The molecule has 0 heterocycles. The van der Waals surface area contributed by atoms with Crippen LogP contribution in [0.15, 0.2) is 34.8 Å². The van der Waals surface area contributed by atoms with Gasteiger partial charge in [-0.15, -0.1) is 0 Å². The number of hydrogen-bond acceptors (Lipinski definition) is 1. The molecule has 0 aliphatic heterocycles. The van der Waals surface area contributed by atoms with Crippen LogP contribution in [0.5, 0.6) is 0 Å². The highest BCUT2D eigenvalue weighted by molar-refractivity contribution is 9.10. The van der Waals surface area contributed by atoms with Crippen LogP contribution >= 0.6 is 27.5 Å². The Kier molecular flexibility index (Phi) is 4.05. The van der Waals surface area contributed by atoms with Crippen molar-refractivity contribution in [2.45, 2.75) is 26.2 Å². The first-order valence-corrected chi connectivity index (χ1v) is 8.10. The van der Waals surface area contributed by atoms with Crippen molar-refractivity contribution in [2.24, 2.45) is 0 Å². The highest BCUT2D eigenvalue weighted by Gasteiger charge is 2.15. The van der Waals surface area contributed by atoms with E-state index in [0.29, 0.717) is 16.3 Å². The maximum absolute atomic E-state index is 12.4. The lowest BCUT2D eigenvalue weighted by molar-refractivity contribution is 0.102. The molecule has 1 aliphatic rings. The van der Waals surface area contributed by atoms with Crippen molar-refractivity contribution in [2.75, 3.05) is 5.32 Å². The van der Waals surface area contributed by atoms with Crippen molar-refractivity contribution in [3.63, 3.8) is 0 Å². The average molecular weight is 365 g/mol. The second kappa shape index (κ2) is 5.82. The van der Waals surface area contributed by atoms with Crippen LogP contribution in [0.4, 0.5) is 5.69 Å². The first-order chi connectivity index (χ1) is 10.0. The molecule has 0 unspecified atom stereocenters. The number of anilines is 1. The molecule has 0 radical (unpaired) electrons. The predicted molar refractivity (Wildman–Crippen MR) is 90.3 cm³/mol. The first kappa shape index (κ1) is 14.6. The smallest absolute Gasteiger partial charge is 0.255 e. The number of amides is 1. The minimum absolute atomic E-state index is 0.106. The number of nitrogens with one attached hydrogen (secondary N) is 1. The molecule has 0 fully saturated rings. The molecule has 0 bridgehead atoms. The summed E-state index contributed by atoms with van der Waals surface area (Å²) in [5, 5.41) is 3.56. The van der Waals surface area contributed by atoms with Crippen molar-refractivity contribution in [3.8, 4) is 0 Å². The minimum atomic E-state index is -0.106. The second-order valence-corrected chi connectivity index (χ2v) is 6.63. The third-order valence-corrected chi connectivity index (χ3v) is 4.92. The maximum Gasteiger partial charge on any atom is 0.255 e. The summed E-state index contributed by atoms with van der Waals surface area (Å²) >= 11 is 9.58. The Labute approximate surface area is 137 Å². The van der Waals surface area contributed by atoms with Crippen molar-refractivity contribution in [1.29, 1.82) is 0 Å². The third-order valence-electron chi connectivity index (χ3n) is 3.86. The van der Waals surface area contributed by atoms with Gasteiger partial charge in [0, 0.05) is 15.1 Å². The van der Waals surface area contributed by atoms with E-state index in [4.69, 9.17) is 11.6 Å². The fraction of sp³-hybridized carbons (Fsp3) is 0.235. The van der Waals surface area contributed by atoms with Gasteiger partial charge in [0.05, 0.1) is 5.69 Å². The summed E-state index contributed by atoms with van der Waals surface area (Å²) in [4.78, 5) is 12.4. The molecule has 2 aromatic carbocycles. The topological polar surface area (TPSA) is 29.1 Å². The zero-order chi connectivity index (χ0) is 15.0. The zero-order valence-corrected chi connectivity index (χ0v) is 14.0. The summed E-state index contributed by atoms with van der Waals surface area (Å²) in [6.45, 7) is 1.93. The van der Waals surface area contributed by atoms with Crippen molar-refractivity contribution in [1.82, 2.24) is 0 Å². The molecular weight excluding hydrogens is 350 g/mol. The Morgan fingerprint density at radius 1 is 1.19 bits per heavy atom. The summed E-state index contributed by atoms with van der Waals surface area (Å²) in [7, 11) is 0. The van der Waals surface area contributed by atoms with E-state index < -0.39 is 0 Å². The molecule has 0 spiro atoms. The molecule has 0 saturated heterocycles. The molecule has 108 valence electrons. The molecule has 1 N–H and O–H groups in total. The van der Waals surface area contributed by atoms with Crippen molar-refractivity contribution < 1.29 is 4.79 Å². The van der Waals surface area contributed by atoms with Gasteiger partial charge in [0.2, 0.25) is 0 Å². The van der Waals surface area contributed by atoms with Crippen LogP contribution in [-0.2, 0) is 12.8 Å². The van der Waals surface area contributed by atoms with Crippen molar-refractivity contribution in [3.05, 3.63) is 62.1 Å². The van der Waals surface area contributed by atoms with E-state index in [0.717, 1.165) is 22.9 Å². The summed E-state index contributed by atoms with van der Waals surface area (Å²) < 4.78 is 0.832. The first-order valence-electron chi connectivity index (χ1n) is 6.93. The van der Waals surface area contributed by atoms with E-state index in [-0.39, 0.29) is 5.91 Å². The van der Waals surface area contributed by atoms with Crippen LogP contribution in [0.1, 0.15) is 33.5 Å². The Morgan fingerprint density at radius 2 is 1.95 bits per heavy atom. The van der Waals surface area contributed by atoms with Crippen LogP contribution in [0.25, 0.3) is 0 Å². The van der Waals surface area contributed by atoms with Crippen LogP contribution in [0.3, 0.4) is 0 Å². The number of carbonyl (C=O) groups excluding carboxylic acids is 1. The van der Waals surface area contributed by atoms with Crippen LogP contribution < -0.4 is 5.32 Å². The van der Waals surface area contributed by atoms with E-state index in [9.17, 15) is 4.79 Å². The number of halogens is 2. The van der Waals surface area contributed by atoms with Gasteiger partial charge in [-0.3, -0.25) is 4.79 Å². The molecule has 4 heteroatoms. The van der Waals surface area contributed by atoms with Gasteiger partial charge in [-0.05, 0) is 83.1 Å². The largest absolute Gasteiger partial charge is 0.321 e. The maximum atomic E-state index is 12.4. The van der Waals surface area contributed by atoms with Crippen LogP contribution in [0.2, 0.25) is 5.02 Å². The normalized spacial score (nSPS) is 13.1. The third kappa shape index (κ3) is 2.99. The lowest BCUT2D eigenvalue weighted by Gasteiger charge is -2.10. The number of fused-ring (bicyclic) bond motifs is 1. The number of rotatable bonds is 2. The Balaban J connectivity index is 1.85. The van der Waals surface area contributed by atoms with Gasteiger partial charge in [-0.25, -0.2) is 0 Å². The lowest BCUT2D eigenvalue weighted by Crippen LogP contribution is -2.12. The number of carbonyl (C=O) groups is 1. The summed E-state index contributed by atoms with van der Waals surface area (Å²) in [6, 6.07) is 9.63. The Bertz CT molecular complexity index is 727. The van der Waals surface area contributed by atoms with Gasteiger partial charge >= 0.3 is 0 Å². The highest BCUT2D eigenvalue weighted by atomic mass is 79.9.